The van der Waals surface area contributed by atoms with Crippen LogP contribution in [0.5, 0.6) is 0 Å². The van der Waals surface area contributed by atoms with Crippen molar-refractivity contribution in [3.8, 4) is 0 Å². The van der Waals surface area contributed by atoms with Gasteiger partial charge >= 0.3 is 5.97 Å². The lowest BCUT2D eigenvalue weighted by molar-refractivity contribution is -0.158. The molecule has 0 saturated heterocycles. The number of rotatable bonds is 5. The van der Waals surface area contributed by atoms with Gasteiger partial charge in [0, 0.05) is 0 Å². The highest BCUT2D eigenvalue weighted by Gasteiger charge is 2.33. The average Bonchev–Trinajstić information content (AvgIpc) is 2.57. The van der Waals surface area contributed by atoms with Gasteiger partial charge in [0.2, 0.25) is 0 Å². The fourth-order valence-corrected chi connectivity index (χ4v) is 2.37. The van der Waals surface area contributed by atoms with Gasteiger partial charge < -0.3 is 10.1 Å². The van der Waals surface area contributed by atoms with Crippen molar-refractivity contribution in [3.63, 3.8) is 0 Å². The molecule has 6 heteroatoms. The standard InChI is InChI=1S/C19H19ClFNO3/c1-12(17(23)22-16-10-9-14(21)11-15(16)20)25-18(24)19(2,3)13-7-5-4-6-8-13/h4-12H,1-3H3,(H,22,23)/t12-/m0/s1. The first-order chi connectivity index (χ1) is 11.7. The van der Waals surface area contributed by atoms with E-state index in [0.29, 0.717) is 0 Å². The Kier molecular flexibility index (Phi) is 5.80. The summed E-state index contributed by atoms with van der Waals surface area (Å²) in [4.78, 5) is 24.7. The van der Waals surface area contributed by atoms with Crippen LogP contribution >= 0.6 is 11.6 Å². The predicted octanol–water partition coefficient (Wildman–Crippen LogP) is 4.33. The molecule has 0 spiro atoms. The van der Waals surface area contributed by atoms with Gasteiger partial charge in [-0.25, -0.2) is 4.39 Å². The van der Waals surface area contributed by atoms with Crippen LogP contribution in [0.4, 0.5) is 10.1 Å². The molecule has 2 aromatic carbocycles. The van der Waals surface area contributed by atoms with Gasteiger partial charge in [0.05, 0.1) is 16.1 Å². The van der Waals surface area contributed by atoms with E-state index in [-0.39, 0.29) is 10.7 Å². The molecule has 0 aliphatic rings. The molecule has 0 fully saturated rings. The fraction of sp³-hybridized carbons (Fsp3) is 0.263. The molecule has 0 saturated carbocycles. The van der Waals surface area contributed by atoms with E-state index in [1.807, 2.05) is 30.3 Å². The third kappa shape index (κ3) is 4.57. The molecule has 1 N–H and O–H groups in total. The molecule has 0 aromatic heterocycles. The summed E-state index contributed by atoms with van der Waals surface area (Å²) in [5.74, 6) is -1.58. The van der Waals surface area contributed by atoms with E-state index in [1.54, 1.807) is 13.8 Å². The first-order valence-corrected chi connectivity index (χ1v) is 8.12. The lowest BCUT2D eigenvalue weighted by Crippen LogP contribution is -2.37. The molecule has 1 atom stereocenters. The number of halogens is 2. The van der Waals surface area contributed by atoms with Crippen molar-refractivity contribution in [2.75, 3.05) is 5.32 Å². The molecule has 0 bridgehead atoms. The maximum atomic E-state index is 13.0. The molecule has 0 aliphatic carbocycles. The summed E-state index contributed by atoms with van der Waals surface area (Å²) < 4.78 is 18.3. The van der Waals surface area contributed by atoms with Crippen LogP contribution in [0.1, 0.15) is 26.3 Å². The van der Waals surface area contributed by atoms with Crippen molar-refractivity contribution in [1.29, 1.82) is 0 Å². The van der Waals surface area contributed by atoms with Crippen LogP contribution in [0.3, 0.4) is 0 Å². The Hall–Kier alpha value is -2.40. The van der Waals surface area contributed by atoms with Crippen LogP contribution in [0.2, 0.25) is 5.02 Å². The lowest BCUT2D eigenvalue weighted by atomic mass is 9.85. The highest BCUT2D eigenvalue weighted by Crippen LogP contribution is 2.26. The maximum absolute atomic E-state index is 13.0. The Morgan fingerprint density at radius 1 is 1.16 bits per heavy atom. The SMILES string of the molecule is C[C@H](OC(=O)C(C)(C)c1ccccc1)C(=O)Nc1ccc(F)cc1Cl. The number of anilines is 1. The molecule has 0 heterocycles. The molecule has 4 nitrogen and oxygen atoms in total. The number of nitrogens with one attached hydrogen (secondary N) is 1. The number of carbonyl (C=O) groups is 2. The Labute approximate surface area is 150 Å². The summed E-state index contributed by atoms with van der Waals surface area (Å²) in [7, 11) is 0. The smallest absolute Gasteiger partial charge is 0.316 e. The molecule has 0 unspecified atom stereocenters. The van der Waals surface area contributed by atoms with E-state index in [4.69, 9.17) is 16.3 Å². The Bertz CT molecular complexity index is 777. The van der Waals surface area contributed by atoms with E-state index in [2.05, 4.69) is 5.32 Å². The fourth-order valence-electron chi connectivity index (χ4n) is 2.16. The molecule has 0 aliphatic heterocycles. The zero-order chi connectivity index (χ0) is 18.6. The molecule has 2 aromatic rings. The number of carbonyl (C=O) groups excluding carboxylic acids is 2. The number of benzene rings is 2. The molecular formula is C19H19ClFNO3. The van der Waals surface area contributed by atoms with E-state index < -0.39 is 29.2 Å². The van der Waals surface area contributed by atoms with Crippen molar-refractivity contribution >= 4 is 29.2 Å². The van der Waals surface area contributed by atoms with E-state index in [1.165, 1.54) is 19.1 Å². The minimum atomic E-state index is -1.03. The summed E-state index contributed by atoms with van der Waals surface area (Å²) in [5.41, 5.74) is 0.135. The quantitative estimate of drug-likeness (QED) is 0.804. The van der Waals surface area contributed by atoms with Gasteiger partial charge in [-0.15, -0.1) is 0 Å². The van der Waals surface area contributed by atoms with Gasteiger partial charge in [-0.3, -0.25) is 9.59 Å². The van der Waals surface area contributed by atoms with Gasteiger partial charge in [-0.1, -0.05) is 41.9 Å². The summed E-state index contributed by atoms with van der Waals surface area (Å²) in [6.45, 7) is 4.92. The zero-order valence-electron chi connectivity index (χ0n) is 14.2. The Balaban J connectivity index is 2.04. The van der Waals surface area contributed by atoms with Crippen molar-refractivity contribution in [2.24, 2.45) is 0 Å². The maximum Gasteiger partial charge on any atom is 0.316 e. The summed E-state index contributed by atoms with van der Waals surface area (Å²) in [5, 5.41) is 2.59. The Morgan fingerprint density at radius 2 is 1.80 bits per heavy atom. The van der Waals surface area contributed by atoms with Crippen LogP contribution in [0.15, 0.2) is 48.5 Å². The minimum Gasteiger partial charge on any atom is -0.452 e. The zero-order valence-corrected chi connectivity index (χ0v) is 14.9. The van der Waals surface area contributed by atoms with Crippen LogP contribution in [-0.2, 0) is 19.7 Å². The van der Waals surface area contributed by atoms with Crippen LogP contribution in [0, 0.1) is 5.82 Å². The predicted molar refractivity (Wildman–Crippen MR) is 95.1 cm³/mol. The number of esters is 1. The summed E-state index contributed by atoms with van der Waals surface area (Å²) in [6.07, 6.45) is -1.03. The van der Waals surface area contributed by atoms with Gasteiger partial charge in [0.15, 0.2) is 6.10 Å². The van der Waals surface area contributed by atoms with E-state index in [9.17, 15) is 14.0 Å². The third-order valence-corrected chi connectivity index (χ3v) is 4.16. The number of hydrogen-bond acceptors (Lipinski definition) is 3. The van der Waals surface area contributed by atoms with Gasteiger partial charge in [0.1, 0.15) is 5.82 Å². The molecule has 0 radical (unpaired) electrons. The molecule has 132 valence electrons. The minimum absolute atomic E-state index is 0.0662. The molecule has 25 heavy (non-hydrogen) atoms. The van der Waals surface area contributed by atoms with Crippen LogP contribution < -0.4 is 5.32 Å². The third-order valence-electron chi connectivity index (χ3n) is 3.85. The first kappa shape index (κ1) is 18.9. The molecule has 1 amide bonds. The summed E-state index contributed by atoms with van der Waals surface area (Å²) in [6, 6.07) is 12.8. The highest BCUT2D eigenvalue weighted by molar-refractivity contribution is 6.33. The van der Waals surface area contributed by atoms with Gasteiger partial charge in [-0.2, -0.15) is 0 Å². The van der Waals surface area contributed by atoms with Gasteiger partial charge in [0.25, 0.3) is 5.91 Å². The lowest BCUT2D eigenvalue weighted by Gasteiger charge is -2.25. The second-order valence-electron chi connectivity index (χ2n) is 6.15. The van der Waals surface area contributed by atoms with Crippen LogP contribution in [0.25, 0.3) is 0 Å². The second-order valence-corrected chi connectivity index (χ2v) is 6.56. The van der Waals surface area contributed by atoms with Crippen molar-refractivity contribution in [3.05, 3.63) is 64.9 Å². The van der Waals surface area contributed by atoms with Crippen molar-refractivity contribution in [2.45, 2.75) is 32.3 Å². The summed E-state index contributed by atoms with van der Waals surface area (Å²) >= 11 is 5.87. The number of ether oxygens (including phenoxy) is 1. The van der Waals surface area contributed by atoms with E-state index >= 15 is 0 Å². The van der Waals surface area contributed by atoms with Crippen LogP contribution in [-0.4, -0.2) is 18.0 Å². The highest BCUT2D eigenvalue weighted by atomic mass is 35.5. The molecular weight excluding hydrogens is 345 g/mol. The largest absolute Gasteiger partial charge is 0.452 e. The van der Waals surface area contributed by atoms with Crippen molar-refractivity contribution < 1.29 is 18.7 Å². The number of hydrogen-bond donors (Lipinski definition) is 1. The monoisotopic (exact) mass is 363 g/mol. The van der Waals surface area contributed by atoms with Gasteiger partial charge in [-0.05, 0) is 44.5 Å². The van der Waals surface area contributed by atoms with E-state index in [0.717, 1.165) is 11.6 Å². The van der Waals surface area contributed by atoms with Crippen molar-refractivity contribution in [1.82, 2.24) is 0 Å². The first-order valence-electron chi connectivity index (χ1n) is 7.74. The number of amides is 1. The normalized spacial score (nSPS) is 12.4. The molecule has 2 rings (SSSR count). The average molecular weight is 364 g/mol. The topological polar surface area (TPSA) is 55.4 Å². The Morgan fingerprint density at radius 3 is 2.40 bits per heavy atom. The second kappa shape index (κ2) is 7.66.